The summed E-state index contributed by atoms with van der Waals surface area (Å²) in [6.07, 6.45) is 6.18. The third kappa shape index (κ3) is 4.86. The molecule has 5 rings (SSSR count). The molecule has 0 atom stereocenters. The van der Waals surface area contributed by atoms with Crippen LogP contribution in [-0.2, 0) is 13.0 Å². The molecule has 7 heteroatoms. The Hall–Kier alpha value is -3.37. The lowest BCUT2D eigenvalue weighted by Crippen LogP contribution is -2.37. The van der Waals surface area contributed by atoms with Gasteiger partial charge in [-0.3, -0.25) is 9.78 Å². The van der Waals surface area contributed by atoms with E-state index in [1.807, 2.05) is 24.3 Å². The van der Waals surface area contributed by atoms with Crippen molar-refractivity contribution in [1.82, 2.24) is 14.5 Å². The van der Waals surface area contributed by atoms with Crippen LogP contribution in [0.5, 0.6) is 11.5 Å². The molecule has 0 bridgehead atoms. The first-order chi connectivity index (χ1) is 16.2. The first kappa shape index (κ1) is 21.5. The summed E-state index contributed by atoms with van der Waals surface area (Å²) >= 11 is 0. The molecule has 170 valence electrons. The molecule has 1 fully saturated rings. The van der Waals surface area contributed by atoms with E-state index in [4.69, 9.17) is 9.47 Å². The van der Waals surface area contributed by atoms with Gasteiger partial charge in [-0.1, -0.05) is 6.07 Å². The van der Waals surface area contributed by atoms with Gasteiger partial charge >= 0.3 is 0 Å². The molecule has 2 aromatic heterocycles. The van der Waals surface area contributed by atoms with Gasteiger partial charge in [-0.2, -0.15) is 5.26 Å². The third-order valence-corrected chi connectivity index (χ3v) is 6.76. The minimum atomic E-state index is -0.0144. The van der Waals surface area contributed by atoms with Gasteiger partial charge in [-0.25, -0.2) is 0 Å². The largest absolute Gasteiger partial charge is 0.486 e. The zero-order valence-corrected chi connectivity index (χ0v) is 18.7. The SMILES string of the molecule is N#Cc1ccc2ccc(=O)n(CCN3CCC(CCc4cc5c(cn4)OCCO5)CC3)c2c1. The van der Waals surface area contributed by atoms with Crippen LogP contribution in [0.2, 0.25) is 0 Å². The first-order valence-electron chi connectivity index (χ1n) is 11.7. The number of likely N-dealkylation sites (tertiary alicyclic amines) is 1. The fraction of sp³-hybridized carbons (Fsp3) is 0.423. The van der Waals surface area contributed by atoms with E-state index < -0.39 is 0 Å². The van der Waals surface area contributed by atoms with Crippen LogP contribution in [0.25, 0.3) is 10.9 Å². The van der Waals surface area contributed by atoms with E-state index in [0.717, 1.165) is 73.4 Å². The maximum absolute atomic E-state index is 12.5. The van der Waals surface area contributed by atoms with E-state index in [9.17, 15) is 10.1 Å². The molecule has 1 aromatic carbocycles. The van der Waals surface area contributed by atoms with Gasteiger partial charge in [0, 0.05) is 30.9 Å². The number of benzene rings is 1. The number of hydrogen-bond acceptors (Lipinski definition) is 6. The predicted molar refractivity (Wildman–Crippen MR) is 126 cm³/mol. The van der Waals surface area contributed by atoms with E-state index in [1.165, 1.54) is 0 Å². The third-order valence-electron chi connectivity index (χ3n) is 6.76. The van der Waals surface area contributed by atoms with Crippen LogP contribution in [0.15, 0.2) is 47.4 Å². The quantitative estimate of drug-likeness (QED) is 0.580. The molecule has 0 N–H and O–H groups in total. The summed E-state index contributed by atoms with van der Waals surface area (Å²) < 4.78 is 13.0. The zero-order valence-electron chi connectivity index (χ0n) is 18.7. The van der Waals surface area contributed by atoms with Crippen LogP contribution in [0, 0.1) is 17.2 Å². The number of hydrogen-bond donors (Lipinski definition) is 0. The second-order valence-electron chi connectivity index (χ2n) is 8.85. The molecule has 33 heavy (non-hydrogen) atoms. The van der Waals surface area contributed by atoms with Crippen molar-refractivity contribution >= 4 is 10.9 Å². The van der Waals surface area contributed by atoms with Crippen LogP contribution >= 0.6 is 0 Å². The molecule has 1 saturated heterocycles. The predicted octanol–water partition coefficient (Wildman–Crippen LogP) is 3.38. The Balaban J connectivity index is 1.14. The number of nitrogens with zero attached hydrogens (tertiary/aromatic N) is 4. The second-order valence-corrected chi connectivity index (χ2v) is 8.85. The smallest absolute Gasteiger partial charge is 0.251 e. The van der Waals surface area contributed by atoms with Crippen molar-refractivity contribution in [3.63, 3.8) is 0 Å². The molecule has 0 amide bonds. The standard InChI is InChI=1S/C26H28N4O3/c27-17-20-1-3-21-4-6-26(31)30(23(21)15-20)12-11-29-9-7-19(8-10-29)2-5-22-16-24-25(18-28-22)33-14-13-32-24/h1,3-4,6,15-16,18-19H,2,5,7-14H2. The number of ether oxygens (including phenoxy) is 2. The molecule has 3 aromatic rings. The number of aromatic nitrogens is 2. The van der Waals surface area contributed by atoms with Crippen molar-refractivity contribution in [1.29, 1.82) is 5.26 Å². The van der Waals surface area contributed by atoms with Crippen molar-refractivity contribution in [3.05, 3.63) is 64.2 Å². The van der Waals surface area contributed by atoms with Crippen LogP contribution in [-0.4, -0.2) is 47.3 Å². The number of pyridine rings is 2. The Kier molecular flexibility index (Phi) is 6.27. The van der Waals surface area contributed by atoms with Crippen LogP contribution in [0.1, 0.15) is 30.5 Å². The van der Waals surface area contributed by atoms with Crippen molar-refractivity contribution in [2.75, 3.05) is 32.8 Å². The Morgan fingerprint density at radius 3 is 2.64 bits per heavy atom. The number of fused-ring (bicyclic) bond motifs is 2. The molecule has 4 heterocycles. The highest BCUT2D eigenvalue weighted by atomic mass is 16.6. The monoisotopic (exact) mass is 444 g/mol. The number of nitriles is 1. The molecule has 0 radical (unpaired) electrons. The highest BCUT2D eigenvalue weighted by Crippen LogP contribution is 2.30. The van der Waals surface area contributed by atoms with Gasteiger partial charge in [0.2, 0.25) is 0 Å². The lowest BCUT2D eigenvalue weighted by molar-refractivity contribution is 0.169. The normalized spacial score (nSPS) is 16.6. The lowest BCUT2D eigenvalue weighted by atomic mass is 9.91. The first-order valence-corrected chi connectivity index (χ1v) is 11.7. The fourth-order valence-corrected chi connectivity index (χ4v) is 4.81. The minimum absolute atomic E-state index is 0.0144. The summed E-state index contributed by atoms with van der Waals surface area (Å²) in [6, 6.07) is 13.2. The molecule has 0 spiro atoms. The van der Waals surface area contributed by atoms with Gasteiger partial charge in [0.05, 0.1) is 23.3 Å². The topological polar surface area (TPSA) is 80.4 Å². The maximum Gasteiger partial charge on any atom is 0.251 e. The van der Waals surface area contributed by atoms with E-state index in [0.29, 0.717) is 31.2 Å². The van der Waals surface area contributed by atoms with Gasteiger partial charge in [-0.15, -0.1) is 0 Å². The van der Waals surface area contributed by atoms with Crippen molar-refractivity contribution < 1.29 is 9.47 Å². The molecular weight excluding hydrogens is 416 g/mol. The van der Waals surface area contributed by atoms with Gasteiger partial charge in [0.1, 0.15) is 13.2 Å². The molecule has 2 aliphatic rings. The van der Waals surface area contributed by atoms with Gasteiger partial charge in [0.25, 0.3) is 5.56 Å². The second kappa shape index (κ2) is 9.63. The van der Waals surface area contributed by atoms with Gasteiger partial charge in [0.15, 0.2) is 11.5 Å². The van der Waals surface area contributed by atoms with Crippen LogP contribution < -0.4 is 15.0 Å². The molecule has 0 unspecified atom stereocenters. The Bertz CT molecular complexity index is 1240. The number of aryl methyl sites for hydroxylation is 1. The maximum atomic E-state index is 12.5. The van der Waals surface area contributed by atoms with Crippen LogP contribution in [0.4, 0.5) is 0 Å². The lowest BCUT2D eigenvalue weighted by Gasteiger charge is -2.32. The van der Waals surface area contributed by atoms with Crippen molar-refractivity contribution in [3.8, 4) is 17.6 Å². The Labute approximate surface area is 193 Å². The highest BCUT2D eigenvalue weighted by molar-refractivity contribution is 5.80. The van der Waals surface area contributed by atoms with E-state index in [2.05, 4.69) is 16.0 Å². The zero-order chi connectivity index (χ0) is 22.6. The Morgan fingerprint density at radius 2 is 1.82 bits per heavy atom. The van der Waals surface area contributed by atoms with E-state index >= 15 is 0 Å². The highest BCUT2D eigenvalue weighted by Gasteiger charge is 2.20. The molecule has 0 saturated carbocycles. The van der Waals surface area contributed by atoms with Gasteiger partial charge in [-0.05, 0) is 68.3 Å². The summed E-state index contributed by atoms with van der Waals surface area (Å²) in [7, 11) is 0. The summed E-state index contributed by atoms with van der Waals surface area (Å²) in [5, 5.41) is 10.2. The van der Waals surface area contributed by atoms with Crippen molar-refractivity contribution in [2.24, 2.45) is 5.92 Å². The summed E-state index contributed by atoms with van der Waals surface area (Å²) in [5.41, 5.74) is 2.46. The van der Waals surface area contributed by atoms with Crippen LogP contribution in [0.3, 0.4) is 0 Å². The summed E-state index contributed by atoms with van der Waals surface area (Å²) in [4.78, 5) is 19.5. The average molecular weight is 445 g/mol. The van der Waals surface area contributed by atoms with E-state index in [-0.39, 0.29) is 5.56 Å². The minimum Gasteiger partial charge on any atom is -0.486 e. The molecule has 7 nitrogen and oxygen atoms in total. The number of piperidine rings is 1. The molecule has 2 aliphatic heterocycles. The van der Waals surface area contributed by atoms with E-state index in [1.54, 1.807) is 22.9 Å². The van der Waals surface area contributed by atoms with Gasteiger partial charge < -0.3 is 18.9 Å². The Morgan fingerprint density at radius 1 is 1.03 bits per heavy atom. The molecule has 0 aliphatic carbocycles. The van der Waals surface area contributed by atoms with Crippen molar-refractivity contribution in [2.45, 2.75) is 32.2 Å². The number of rotatable bonds is 6. The average Bonchev–Trinajstić information content (AvgIpc) is 2.87. The fourth-order valence-electron chi connectivity index (χ4n) is 4.81. The summed E-state index contributed by atoms with van der Waals surface area (Å²) in [6.45, 7) is 4.75. The molecular formula is C26H28N4O3. The summed E-state index contributed by atoms with van der Waals surface area (Å²) in [5.74, 6) is 2.24.